The Balaban J connectivity index is 1.83. The van der Waals surface area contributed by atoms with Crippen molar-refractivity contribution in [2.24, 2.45) is 5.92 Å². The number of hydrogen-bond acceptors (Lipinski definition) is 13. The van der Waals surface area contributed by atoms with Crippen LogP contribution in [-0.4, -0.2) is 140 Å². The van der Waals surface area contributed by atoms with Crippen molar-refractivity contribution in [3.63, 3.8) is 0 Å². The molecule has 13 nitrogen and oxygen atoms in total. The lowest BCUT2D eigenvalue weighted by Crippen LogP contribution is -2.65. The molecule has 194 valence electrons. The van der Waals surface area contributed by atoms with Crippen LogP contribution in [0, 0.1) is 5.92 Å². The van der Waals surface area contributed by atoms with Crippen LogP contribution in [0.5, 0.6) is 0 Å². The van der Waals surface area contributed by atoms with Crippen molar-refractivity contribution in [2.45, 2.75) is 107 Å². The third-order valence-corrected chi connectivity index (χ3v) is 6.76. The largest absolute Gasteiger partial charge is 0.394 e. The number of rotatable bonds is 6. The Morgan fingerprint density at radius 1 is 0.545 bits per heavy atom. The summed E-state index contributed by atoms with van der Waals surface area (Å²) in [6.07, 6.45) is -17.7. The molecule has 0 aliphatic carbocycles. The molecule has 0 aromatic rings. The van der Waals surface area contributed by atoms with Gasteiger partial charge in [-0.2, -0.15) is 0 Å². The fraction of sp³-hybridized carbons (Fsp3) is 1.00. The van der Waals surface area contributed by atoms with E-state index in [0.29, 0.717) is 0 Å². The summed E-state index contributed by atoms with van der Waals surface area (Å²) in [5, 5.41) is 80.2. The lowest BCUT2D eigenvalue weighted by Gasteiger charge is -2.49. The second-order valence-corrected chi connectivity index (χ2v) is 9.00. The zero-order valence-electron chi connectivity index (χ0n) is 18.7. The first-order valence-electron chi connectivity index (χ1n) is 11.1. The van der Waals surface area contributed by atoms with Gasteiger partial charge in [0, 0.05) is 5.92 Å². The van der Waals surface area contributed by atoms with E-state index >= 15 is 0 Å². The molecule has 8 N–H and O–H groups in total. The summed E-state index contributed by atoms with van der Waals surface area (Å²) >= 11 is 0. The summed E-state index contributed by atoms with van der Waals surface area (Å²) in [6, 6.07) is 0. The first kappa shape index (κ1) is 27.1. The third kappa shape index (κ3) is 5.35. The Labute approximate surface area is 191 Å². The summed E-state index contributed by atoms with van der Waals surface area (Å²) in [7, 11) is 0. The Morgan fingerprint density at radius 2 is 1.06 bits per heavy atom. The standard InChI is InChI=1S/C20H36O13/c1-6-7(2)29-10(5-22)18(33-19-15(27)13(25)11(23)8(3)30-19)17(6)32-20-16(28)14(26)12(24)9(4-21)31-20/h6-28H,4-5H2,1-3H3/t6?,7?,8-,9?,10?,11+,12-,13?,14-,15?,16?,17+,18+,19-,20-/m0/s1. The van der Waals surface area contributed by atoms with E-state index in [2.05, 4.69) is 0 Å². The van der Waals surface area contributed by atoms with E-state index in [9.17, 15) is 40.9 Å². The lowest BCUT2D eigenvalue weighted by molar-refractivity contribution is -0.364. The molecule has 0 amide bonds. The molecule has 0 aromatic heterocycles. The number of ether oxygens (including phenoxy) is 5. The van der Waals surface area contributed by atoms with Crippen LogP contribution >= 0.6 is 0 Å². The second-order valence-electron chi connectivity index (χ2n) is 9.00. The molecule has 3 aliphatic rings. The average Bonchev–Trinajstić information content (AvgIpc) is 2.80. The molecule has 15 atom stereocenters. The van der Waals surface area contributed by atoms with Crippen molar-refractivity contribution in [1.29, 1.82) is 0 Å². The predicted octanol–water partition coefficient (Wildman–Crippen LogP) is -4.20. The molecule has 0 bridgehead atoms. The number of aliphatic hydroxyl groups is 8. The molecule has 3 aliphatic heterocycles. The van der Waals surface area contributed by atoms with Crippen LogP contribution in [0.3, 0.4) is 0 Å². The van der Waals surface area contributed by atoms with Crippen LogP contribution in [0.25, 0.3) is 0 Å². The molecule has 3 rings (SSSR count). The predicted molar refractivity (Wildman–Crippen MR) is 106 cm³/mol. The van der Waals surface area contributed by atoms with E-state index in [1.807, 2.05) is 0 Å². The zero-order valence-corrected chi connectivity index (χ0v) is 18.7. The lowest BCUT2D eigenvalue weighted by atomic mass is 9.88. The van der Waals surface area contributed by atoms with Gasteiger partial charge in [-0.05, 0) is 13.8 Å². The second kappa shape index (κ2) is 11.0. The fourth-order valence-corrected chi connectivity index (χ4v) is 4.38. The molecular weight excluding hydrogens is 448 g/mol. The molecule has 0 spiro atoms. The third-order valence-electron chi connectivity index (χ3n) is 6.76. The van der Waals surface area contributed by atoms with E-state index in [1.165, 1.54) is 6.92 Å². The van der Waals surface area contributed by atoms with Crippen LogP contribution < -0.4 is 0 Å². The smallest absolute Gasteiger partial charge is 0.187 e. The van der Waals surface area contributed by atoms with Crippen molar-refractivity contribution in [1.82, 2.24) is 0 Å². The van der Waals surface area contributed by atoms with E-state index in [-0.39, 0.29) is 0 Å². The highest BCUT2D eigenvalue weighted by Crippen LogP contribution is 2.35. The van der Waals surface area contributed by atoms with Gasteiger partial charge < -0.3 is 64.5 Å². The van der Waals surface area contributed by atoms with Gasteiger partial charge in [0.15, 0.2) is 12.6 Å². The van der Waals surface area contributed by atoms with Crippen molar-refractivity contribution in [3.05, 3.63) is 0 Å². The number of hydrogen-bond donors (Lipinski definition) is 8. The summed E-state index contributed by atoms with van der Waals surface area (Å²) in [6.45, 7) is 3.84. The van der Waals surface area contributed by atoms with E-state index in [0.717, 1.165) is 0 Å². The summed E-state index contributed by atoms with van der Waals surface area (Å²) in [5.74, 6) is -0.418. The van der Waals surface area contributed by atoms with E-state index in [1.54, 1.807) is 13.8 Å². The molecule has 33 heavy (non-hydrogen) atoms. The molecule has 3 saturated heterocycles. The van der Waals surface area contributed by atoms with Gasteiger partial charge in [0.05, 0.1) is 31.5 Å². The maximum absolute atomic E-state index is 10.4. The van der Waals surface area contributed by atoms with Crippen molar-refractivity contribution in [2.75, 3.05) is 13.2 Å². The number of aliphatic hydroxyl groups excluding tert-OH is 8. The Morgan fingerprint density at radius 3 is 1.64 bits per heavy atom. The van der Waals surface area contributed by atoms with Gasteiger partial charge in [0.25, 0.3) is 0 Å². The minimum atomic E-state index is -1.66. The minimum absolute atomic E-state index is 0.418. The summed E-state index contributed by atoms with van der Waals surface area (Å²) in [4.78, 5) is 0. The van der Waals surface area contributed by atoms with Gasteiger partial charge in [0.2, 0.25) is 0 Å². The normalized spacial score (nSPS) is 53.7. The van der Waals surface area contributed by atoms with Gasteiger partial charge in [-0.15, -0.1) is 0 Å². The molecule has 3 heterocycles. The van der Waals surface area contributed by atoms with Gasteiger partial charge in [-0.3, -0.25) is 0 Å². The molecule has 0 saturated carbocycles. The maximum atomic E-state index is 10.4. The topological polar surface area (TPSA) is 208 Å². The first-order valence-corrected chi connectivity index (χ1v) is 11.1. The first-order chi connectivity index (χ1) is 15.5. The Bertz CT molecular complexity index is 623. The van der Waals surface area contributed by atoms with Crippen LogP contribution in [-0.2, 0) is 23.7 Å². The molecule has 7 unspecified atom stereocenters. The molecular formula is C20H36O13. The SMILES string of the molecule is CC1OC(CO)[C@@H](O[C@@H]2O[C@@H](C)[C@@H](O)C(O)C2O)[C@H](O[C@@H]2OC(CO)[C@H](O)[C@H](O)C2O)C1C. The molecule has 0 radical (unpaired) electrons. The average molecular weight is 484 g/mol. The highest BCUT2D eigenvalue weighted by molar-refractivity contribution is 4.96. The molecule has 3 fully saturated rings. The zero-order chi connectivity index (χ0) is 24.6. The molecule has 13 heteroatoms. The van der Waals surface area contributed by atoms with Gasteiger partial charge in [-0.1, -0.05) is 6.92 Å². The summed E-state index contributed by atoms with van der Waals surface area (Å²) in [5.41, 5.74) is 0. The van der Waals surface area contributed by atoms with Crippen LogP contribution in [0.4, 0.5) is 0 Å². The van der Waals surface area contributed by atoms with E-state index in [4.69, 9.17) is 23.7 Å². The highest BCUT2D eigenvalue weighted by Gasteiger charge is 2.52. The Kier molecular flexibility index (Phi) is 9.05. The van der Waals surface area contributed by atoms with Crippen LogP contribution in [0.1, 0.15) is 20.8 Å². The van der Waals surface area contributed by atoms with Gasteiger partial charge in [-0.25, -0.2) is 0 Å². The van der Waals surface area contributed by atoms with Crippen molar-refractivity contribution >= 4 is 0 Å². The van der Waals surface area contributed by atoms with Gasteiger partial charge in [0.1, 0.15) is 54.9 Å². The highest BCUT2D eigenvalue weighted by atomic mass is 16.7. The quantitative estimate of drug-likeness (QED) is 0.180. The summed E-state index contributed by atoms with van der Waals surface area (Å²) < 4.78 is 28.6. The van der Waals surface area contributed by atoms with E-state index < -0.39 is 105 Å². The Hall–Kier alpha value is -0.520. The fourth-order valence-electron chi connectivity index (χ4n) is 4.38. The van der Waals surface area contributed by atoms with Gasteiger partial charge >= 0.3 is 0 Å². The maximum Gasteiger partial charge on any atom is 0.187 e. The van der Waals surface area contributed by atoms with Crippen molar-refractivity contribution < 1.29 is 64.5 Å². The molecule has 0 aromatic carbocycles. The van der Waals surface area contributed by atoms with Crippen molar-refractivity contribution in [3.8, 4) is 0 Å². The van der Waals surface area contributed by atoms with Crippen LogP contribution in [0.15, 0.2) is 0 Å². The monoisotopic (exact) mass is 484 g/mol. The van der Waals surface area contributed by atoms with Crippen LogP contribution in [0.2, 0.25) is 0 Å². The minimum Gasteiger partial charge on any atom is -0.394 e.